The molecule has 1 fully saturated rings. The molecule has 1 aromatic rings. The minimum absolute atomic E-state index is 0.00649. The highest BCUT2D eigenvalue weighted by Crippen LogP contribution is 2.14. The molecule has 3 amide bonds. The van der Waals surface area contributed by atoms with E-state index in [2.05, 4.69) is 26.6 Å². The van der Waals surface area contributed by atoms with Gasteiger partial charge < -0.3 is 20.0 Å². The van der Waals surface area contributed by atoms with E-state index in [0.717, 1.165) is 12.8 Å². The van der Waals surface area contributed by atoms with Crippen LogP contribution in [-0.4, -0.2) is 48.3 Å². The van der Waals surface area contributed by atoms with Gasteiger partial charge in [-0.3, -0.25) is 14.4 Å². The van der Waals surface area contributed by atoms with Crippen LogP contribution in [0.4, 0.5) is 0 Å². The third kappa shape index (κ3) is 5.09. The van der Waals surface area contributed by atoms with Gasteiger partial charge >= 0.3 is 0 Å². The highest BCUT2D eigenvalue weighted by molar-refractivity contribution is 9.10. The molecule has 8 heteroatoms. The van der Waals surface area contributed by atoms with Crippen molar-refractivity contribution in [1.82, 2.24) is 15.5 Å². The van der Waals surface area contributed by atoms with Crippen LogP contribution in [-0.2, 0) is 9.59 Å². The van der Waals surface area contributed by atoms with E-state index in [0.29, 0.717) is 17.8 Å². The number of hydrogen-bond acceptors (Lipinski definition) is 4. The number of nitrogens with zero attached hydrogens (tertiary/aromatic N) is 1. The monoisotopic (exact) mass is 399 g/mol. The van der Waals surface area contributed by atoms with Gasteiger partial charge in [0.25, 0.3) is 5.91 Å². The summed E-state index contributed by atoms with van der Waals surface area (Å²) in [7, 11) is 0. The summed E-state index contributed by atoms with van der Waals surface area (Å²) in [6, 6.07) is 3.17. The summed E-state index contributed by atoms with van der Waals surface area (Å²) in [6.07, 6.45) is 1.45. The molecular weight excluding hydrogens is 378 g/mol. The molecule has 24 heavy (non-hydrogen) atoms. The number of amides is 3. The number of carbonyl (C=O) groups excluding carboxylic acids is 3. The Labute approximate surface area is 149 Å². The second kappa shape index (κ2) is 8.32. The third-order valence-corrected chi connectivity index (χ3v) is 4.30. The Bertz CT molecular complexity index is 606. The van der Waals surface area contributed by atoms with Gasteiger partial charge in [0.1, 0.15) is 0 Å². The van der Waals surface area contributed by atoms with Crippen molar-refractivity contribution >= 4 is 33.7 Å². The van der Waals surface area contributed by atoms with Crippen LogP contribution in [0.2, 0.25) is 0 Å². The van der Waals surface area contributed by atoms with Crippen molar-refractivity contribution < 1.29 is 18.8 Å². The molecule has 1 aliphatic rings. The largest absolute Gasteiger partial charge is 0.444 e. The summed E-state index contributed by atoms with van der Waals surface area (Å²) < 4.78 is 5.57. The van der Waals surface area contributed by atoms with Gasteiger partial charge in [0.05, 0.1) is 6.54 Å². The van der Waals surface area contributed by atoms with Crippen LogP contribution in [0.15, 0.2) is 21.2 Å². The first-order chi connectivity index (χ1) is 11.4. The molecule has 132 valence electrons. The van der Waals surface area contributed by atoms with Crippen LogP contribution in [0, 0.1) is 5.92 Å². The van der Waals surface area contributed by atoms with E-state index in [4.69, 9.17) is 4.42 Å². The van der Waals surface area contributed by atoms with E-state index < -0.39 is 5.91 Å². The number of likely N-dealkylation sites (tertiary alicyclic amines) is 1. The van der Waals surface area contributed by atoms with Crippen molar-refractivity contribution in [2.45, 2.75) is 32.7 Å². The van der Waals surface area contributed by atoms with Gasteiger partial charge in [0.2, 0.25) is 11.8 Å². The lowest BCUT2D eigenvalue weighted by atomic mass is 10.0. The van der Waals surface area contributed by atoms with Crippen molar-refractivity contribution in [3.8, 4) is 0 Å². The van der Waals surface area contributed by atoms with Crippen LogP contribution in [0.1, 0.15) is 37.2 Å². The Morgan fingerprint density at radius 3 is 2.50 bits per heavy atom. The Hall–Kier alpha value is -1.83. The first-order valence-electron chi connectivity index (χ1n) is 7.98. The molecule has 0 unspecified atom stereocenters. The summed E-state index contributed by atoms with van der Waals surface area (Å²) in [5, 5.41) is 5.40. The number of piperidine rings is 1. The zero-order chi connectivity index (χ0) is 17.7. The fourth-order valence-corrected chi connectivity index (χ4v) is 2.88. The van der Waals surface area contributed by atoms with E-state index in [1.54, 1.807) is 6.07 Å². The smallest absolute Gasteiger partial charge is 0.287 e. The van der Waals surface area contributed by atoms with Crippen molar-refractivity contribution in [3.05, 3.63) is 22.6 Å². The van der Waals surface area contributed by atoms with Gasteiger partial charge in [-0.2, -0.15) is 0 Å². The second-order valence-corrected chi connectivity index (χ2v) is 6.89. The summed E-state index contributed by atoms with van der Waals surface area (Å²) in [4.78, 5) is 37.5. The lowest BCUT2D eigenvalue weighted by Crippen LogP contribution is -2.49. The maximum absolute atomic E-state index is 11.9. The Kier molecular flexibility index (Phi) is 6.42. The summed E-state index contributed by atoms with van der Waals surface area (Å²) in [6.45, 7) is 4.96. The Morgan fingerprint density at radius 2 is 1.96 bits per heavy atom. The SMILES string of the molecule is CC(C)C(=O)N1CCC(NC(=O)CNC(=O)c2ccc(Br)o2)CC1. The summed E-state index contributed by atoms with van der Waals surface area (Å²) in [5.74, 6) is -0.393. The van der Waals surface area contributed by atoms with E-state index in [1.807, 2.05) is 18.7 Å². The molecule has 2 N–H and O–H groups in total. The molecule has 0 atom stereocenters. The van der Waals surface area contributed by atoms with Crippen molar-refractivity contribution in [3.63, 3.8) is 0 Å². The van der Waals surface area contributed by atoms with Crippen molar-refractivity contribution in [2.75, 3.05) is 19.6 Å². The second-order valence-electron chi connectivity index (χ2n) is 6.11. The topological polar surface area (TPSA) is 91.7 Å². The molecule has 1 saturated heterocycles. The predicted octanol–water partition coefficient (Wildman–Crippen LogP) is 1.54. The third-order valence-electron chi connectivity index (χ3n) is 3.87. The fraction of sp³-hybridized carbons (Fsp3) is 0.562. The zero-order valence-electron chi connectivity index (χ0n) is 13.8. The van der Waals surface area contributed by atoms with Gasteiger partial charge in [-0.05, 0) is 40.9 Å². The van der Waals surface area contributed by atoms with Gasteiger partial charge in [0, 0.05) is 25.0 Å². The van der Waals surface area contributed by atoms with Gasteiger partial charge in [-0.25, -0.2) is 0 Å². The lowest BCUT2D eigenvalue weighted by Gasteiger charge is -2.33. The highest BCUT2D eigenvalue weighted by atomic mass is 79.9. The molecule has 0 bridgehead atoms. The number of furan rings is 1. The minimum atomic E-state index is -0.437. The van der Waals surface area contributed by atoms with Crippen LogP contribution in [0.3, 0.4) is 0 Å². The molecule has 1 aliphatic heterocycles. The number of carbonyl (C=O) groups is 3. The van der Waals surface area contributed by atoms with Crippen molar-refractivity contribution in [2.24, 2.45) is 5.92 Å². The van der Waals surface area contributed by atoms with Crippen molar-refractivity contribution in [1.29, 1.82) is 0 Å². The van der Waals surface area contributed by atoms with Gasteiger partial charge in [-0.1, -0.05) is 13.8 Å². The molecule has 2 heterocycles. The molecule has 0 aromatic carbocycles. The first-order valence-corrected chi connectivity index (χ1v) is 8.78. The van der Waals surface area contributed by atoms with E-state index in [-0.39, 0.29) is 36.1 Å². The normalized spacial score (nSPS) is 15.4. The standard InChI is InChI=1S/C16H22BrN3O4/c1-10(2)16(23)20-7-5-11(6-8-20)19-14(21)9-18-15(22)12-3-4-13(17)24-12/h3-4,10-11H,5-9H2,1-2H3,(H,18,22)(H,19,21). The number of rotatable bonds is 5. The highest BCUT2D eigenvalue weighted by Gasteiger charge is 2.25. The molecule has 0 radical (unpaired) electrons. The van der Waals surface area contributed by atoms with Crippen LogP contribution < -0.4 is 10.6 Å². The van der Waals surface area contributed by atoms with E-state index in [9.17, 15) is 14.4 Å². The first kappa shape index (κ1) is 18.5. The number of hydrogen-bond donors (Lipinski definition) is 2. The van der Waals surface area contributed by atoms with E-state index in [1.165, 1.54) is 6.07 Å². The minimum Gasteiger partial charge on any atom is -0.444 e. The zero-order valence-corrected chi connectivity index (χ0v) is 15.4. The van der Waals surface area contributed by atoms with Gasteiger partial charge in [-0.15, -0.1) is 0 Å². The summed E-state index contributed by atoms with van der Waals surface area (Å²) >= 11 is 3.12. The molecule has 7 nitrogen and oxygen atoms in total. The summed E-state index contributed by atoms with van der Waals surface area (Å²) in [5.41, 5.74) is 0. The van der Waals surface area contributed by atoms with Crippen LogP contribution in [0.25, 0.3) is 0 Å². The van der Waals surface area contributed by atoms with E-state index >= 15 is 0 Å². The van der Waals surface area contributed by atoms with Crippen LogP contribution in [0.5, 0.6) is 0 Å². The lowest BCUT2D eigenvalue weighted by molar-refractivity contribution is -0.135. The number of nitrogens with one attached hydrogen (secondary N) is 2. The molecule has 1 aromatic heterocycles. The molecule has 0 spiro atoms. The molecule has 0 saturated carbocycles. The maximum Gasteiger partial charge on any atom is 0.287 e. The molecule has 2 rings (SSSR count). The number of halogens is 1. The Balaban J connectivity index is 1.70. The maximum atomic E-state index is 11.9. The predicted molar refractivity (Wildman–Crippen MR) is 91.3 cm³/mol. The average Bonchev–Trinajstić information content (AvgIpc) is 2.99. The Morgan fingerprint density at radius 1 is 1.29 bits per heavy atom. The van der Waals surface area contributed by atoms with Crippen LogP contribution >= 0.6 is 15.9 Å². The molecule has 0 aliphatic carbocycles. The average molecular weight is 400 g/mol. The molecular formula is C16H22BrN3O4. The fourth-order valence-electron chi connectivity index (χ4n) is 2.57. The van der Waals surface area contributed by atoms with Gasteiger partial charge in [0.15, 0.2) is 10.4 Å². The quantitative estimate of drug-likeness (QED) is 0.785.